The fourth-order valence-corrected chi connectivity index (χ4v) is 4.09. The zero-order chi connectivity index (χ0) is 25.2. The van der Waals surface area contributed by atoms with E-state index in [2.05, 4.69) is 25.7 Å². The molecule has 2 aromatic carbocycles. The SMILES string of the molecule is CCOc1ccc(-n2c(SCC(=O)NN=Cc3ccccc3OCC)nnc2-c2cccnc2)cc1. The Morgan fingerprint density at radius 1 is 1.03 bits per heavy atom. The third-order valence-corrected chi connectivity index (χ3v) is 5.83. The van der Waals surface area contributed by atoms with E-state index in [1.54, 1.807) is 18.6 Å². The first-order chi connectivity index (χ1) is 17.7. The van der Waals surface area contributed by atoms with Crippen molar-refractivity contribution in [1.82, 2.24) is 25.2 Å². The van der Waals surface area contributed by atoms with Crippen LogP contribution in [0.25, 0.3) is 17.1 Å². The number of hydrogen-bond acceptors (Lipinski definition) is 8. The summed E-state index contributed by atoms with van der Waals surface area (Å²) >= 11 is 1.26. The lowest BCUT2D eigenvalue weighted by Crippen LogP contribution is -2.20. The molecule has 10 heteroatoms. The zero-order valence-electron chi connectivity index (χ0n) is 20.0. The molecule has 2 aromatic heterocycles. The third-order valence-electron chi connectivity index (χ3n) is 4.90. The van der Waals surface area contributed by atoms with Crippen LogP contribution in [0.4, 0.5) is 0 Å². The van der Waals surface area contributed by atoms with Crippen molar-refractivity contribution in [2.75, 3.05) is 19.0 Å². The summed E-state index contributed by atoms with van der Waals surface area (Å²) < 4.78 is 13.0. The summed E-state index contributed by atoms with van der Waals surface area (Å²) in [6, 6.07) is 18.9. The molecule has 2 heterocycles. The average molecular weight is 503 g/mol. The number of nitrogens with zero attached hydrogens (tertiary/aromatic N) is 5. The van der Waals surface area contributed by atoms with Crippen molar-refractivity contribution in [3.8, 4) is 28.6 Å². The Hall–Kier alpha value is -4.18. The summed E-state index contributed by atoms with van der Waals surface area (Å²) in [7, 11) is 0. The van der Waals surface area contributed by atoms with Crippen LogP contribution in [-0.2, 0) is 4.79 Å². The average Bonchev–Trinajstić information content (AvgIpc) is 3.34. The highest BCUT2D eigenvalue weighted by Crippen LogP contribution is 2.28. The standard InChI is InChI=1S/C26H26N6O3S/c1-3-34-22-13-11-21(12-14-22)32-25(20-9-7-15-27-16-20)30-31-26(32)36-18-24(33)29-28-17-19-8-5-6-10-23(19)35-4-2/h5-17H,3-4,18H2,1-2H3,(H,29,33). The Morgan fingerprint density at radius 2 is 1.83 bits per heavy atom. The summed E-state index contributed by atoms with van der Waals surface area (Å²) in [4.78, 5) is 16.7. The number of thioether (sulfide) groups is 1. The fraction of sp³-hybridized carbons (Fsp3) is 0.192. The van der Waals surface area contributed by atoms with Gasteiger partial charge >= 0.3 is 0 Å². The molecule has 1 N–H and O–H groups in total. The molecule has 0 bridgehead atoms. The van der Waals surface area contributed by atoms with E-state index >= 15 is 0 Å². The number of para-hydroxylation sites is 1. The van der Waals surface area contributed by atoms with Gasteiger partial charge in [-0.15, -0.1) is 10.2 Å². The molecular weight excluding hydrogens is 476 g/mol. The molecular formula is C26H26N6O3S. The maximum absolute atomic E-state index is 12.5. The van der Waals surface area contributed by atoms with Gasteiger partial charge < -0.3 is 9.47 Å². The van der Waals surface area contributed by atoms with E-state index < -0.39 is 0 Å². The van der Waals surface area contributed by atoms with Crippen molar-refractivity contribution in [3.05, 3.63) is 78.6 Å². The molecule has 184 valence electrons. The highest BCUT2D eigenvalue weighted by molar-refractivity contribution is 7.99. The second kappa shape index (κ2) is 12.5. The Balaban J connectivity index is 1.49. The third kappa shape index (κ3) is 6.28. The number of aromatic nitrogens is 4. The minimum absolute atomic E-state index is 0.104. The first kappa shape index (κ1) is 24.9. The molecule has 1 amide bonds. The van der Waals surface area contributed by atoms with Crippen LogP contribution in [0, 0.1) is 0 Å². The van der Waals surface area contributed by atoms with E-state index in [9.17, 15) is 4.79 Å². The molecule has 0 aliphatic heterocycles. The van der Waals surface area contributed by atoms with E-state index in [0.29, 0.717) is 29.9 Å². The van der Waals surface area contributed by atoms with Gasteiger partial charge in [-0.2, -0.15) is 5.10 Å². The van der Waals surface area contributed by atoms with Crippen LogP contribution >= 0.6 is 11.8 Å². The van der Waals surface area contributed by atoms with Crippen molar-refractivity contribution < 1.29 is 14.3 Å². The summed E-state index contributed by atoms with van der Waals surface area (Å²) in [5, 5.41) is 13.4. The number of amides is 1. The molecule has 4 aromatic rings. The van der Waals surface area contributed by atoms with Gasteiger partial charge in [-0.25, -0.2) is 5.43 Å². The monoisotopic (exact) mass is 502 g/mol. The molecule has 0 aliphatic carbocycles. The molecule has 0 fully saturated rings. The van der Waals surface area contributed by atoms with Crippen molar-refractivity contribution in [2.24, 2.45) is 5.10 Å². The lowest BCUT2D eigenvalue weighted by Gasteiger charge is -2.11. The molecule has 0 saturated heterocycles. The van der Waals surface area contributed by atoms with Gasteiger partial charge in [0.1, 0.15) is 11.5 Å². The van der Waals surface area contributed by atoms with Gasteiger partial charge in [-0.1, -0.05) is 23.9 Å². The summed E-state index contributed by atoms with van der Waals surface area (Å²) in [6.07, 6.45) is 5.00. The first-order valence-electron chi connectivity index (χ1n) is 11.4. The maximum atomic E-state index is 12.5. The number of carbonyl (C=O) groups excluding carboxylic acids is 1. The lowest BCUT2D eigenvalue weighted by atomic mass is 10.2. The van der Waals surface area contributed by atoms with E-state index in [-0.39, 0.29) is 11.7 Å². The zero-order valence-corrected chi connectivity index (χ0v) is 20.8. The molecule has 0 atom stereocenters. The van der Waals surface area contributed by atoms with Crippen LogP contribution in [0.1, 0.15) is 19.4 Å². The summed E-state index contributed by atoms with van der Waals surface area (Å²) in [6.45, 7) is 4.99. The smallest absolute Gasteiger partial charge is 0.250 e. The predicted molar refractivity (Wildman–Crippen MR) is 140 cm³/mol. The molecule has 9 nitrogen and oxygen atoms in total. The highest BCUT2D eigenvalue weighted by Gasteiger charge is 2.17. The molecule has 0 spiro atoms. The Morgan fingerprint density at radius 3 is 2.58 bits per heavy atom. The number of rotatable bonds is 11. The number of benzene rings is 2. The number of hydrazone groups is 1. The normalized spacial score (nSPS) is 10.9. The quantitative estimate of drug-likeness (QED) is 0.185. The van der Waals surface area contributed by atoms with Crippen LogP contribution in [-0.4, -0.2) is 50.8 Å². The van der Waals surface area contributed by atoms with Crippen LogP contribution in [0.2, 0.25) is 0 Å². The van der Waals surface area contributed by atoms with E-state index in [1.807, 2.05) is 79.1 Å². The number of pyridine rings is 1. The molecule has 0 unspecified atom stereocenters. The van der Waals surface area contributed by atoms with E-state index in [1.165, 1.54) is 11.8 Å². The van der Waals surface area contributed by atoms with Crippen LogP contribution in [0.5, 0.6) is 11.5 Å². The Kier molecular flexibility index (Phi) is 8.66. The molecule has 36 heavy (non-hydrogen) atoms. The summed E-state index contributed by atoms with van der Waals surface area (Å²) in [5.41, 5.74) is 5.00. The van der Waals surface area contributed by atoms with Crippen molar-refractivity contribution in [2.45, 2.75) is 19.0 Å². The summed E-state index contributed by atoms with van der Waals surface area (Å²) in [5.74, 6) is 1.94. The van der Waals surface area contributed by atoms with Gasteiger partial charge in [-0.3, -0.25) is 14.3 Å². The van der Waals surface area contributed by atoms with Gasteiger partial charge in [0.2, 0.25) is 0 Å². The van der Waals surface area contributed by atoms with Gasteiger partial charge in [0.05, 0.1) is 25.2 Å². The van der Waals surface area contributed by atoms with E-state index in [0.717, 1.165) is 22.6 Å². The van der Waals surface area contributed by atoms with Gasteiger partial charge in [-0.05, 0) is 62.4 Å². The highest BCUT2D eigenvalue weighted by atomic mass is 32.2. The van der Waals surface area contributed by atoms with Gasteiger partial charge in [0, 0.05) is 29.2 Å². The van der Waals surface area contributed by atoms with Crippen molar-refractivity contribution in [3.63, 3.8) is 0 Å². The van der Waals surface area contributed by atoms with Gasteiger partial charge in [0.25, 0.3) is 5.91 Å². The molecule has 4 rings (SSSR count). The Labute approximate surface area is 213 Å². The first-order valence-corrected chi connectivity index (χ1v) is 12.4. The molecule has 0 radical (unpaired) electrons. The van der Waals surface area contributed by atoms with E-state index in [4.69, 9.17) is 9.47 Å². The van der Waals surface area contributed by atoms with Crippen LogP contribution < -0.4 is 14.9 Å². The fourth-order valence-electron chi connectivity index (χ4n) is 3.35. The Bertz CT molecular complexity index is 1310. The minimum Gasteiger partial charge on any atom is -0.494 e. The second-order valence-corrected chi connectivity index (χ2v) is 8.31. The van der Waals surface area contributed by atoms with Crippen LogP contribution in [0.15, 0.2) is 83.3 Å². The topological polar surface area (TPSA) is 104 Å². The number of carbonyl (C=O) groups is 1. The minimum atomic E-state index is -0.269. The number of nitrogens with one attached hydrogen (secondary N) is 1. The van der Waals surface area contributed by atoms with Crippen molar-refractivity contribution in [1.29, 1.82) is 0 Å². The lowest BCUT2D eigenvalue weighted by molar-refractivity contribution is -0.118. The molecule has 0 saturated carbocycles. The maximum Gasteiger partial charge on any atom is 0.250 e. The molecule has 0 aliphatic rings. The van der Waals surface area contributed by atoms with Crippen LogP contribution in [0.3, 0.4) is 0 Å². The number of ether oxygens (including phenoxy) is 2. The number of hydrogen-bond donors (Lipinski definition) is 1. The predicted octanol–water partition coefficient (Wildman–Crippen LogP) is 4.37. The largest absolute Gasteiger partial charge is 0.494 e. The van der Waals surface area contributed by atoms with Gasteiger partial charge in [0.15, 0.2) is 11.0 Å². The van der Waals surface area contributed by atoms with Crippen molar-refractivity contribution >= 4 is 23.9 Å². The second-order valence-electron chi connectivity index (χ2n) is 7.36.